The number of fused-ring (bicyclic) bond motifs is 1. The van der Waals surface area contributed by atoms with E-state index in [0.29, 0.717) is 35.4 Å². The van der Waals surface area contributed by atoms with Gasteiger partial charge in [-0.15, -0.1) is 0 Å². The van der Waals surface area contributed by atoms with Gasteiger partial charge < -0.3 is 9.84 Å². The van der Waals surface area contributed by atoms with Gasteiger partial charge in [-0.2, -0.15) is 0 Å². The number of pyridine rings is 1. The number of hydrogen-bond acceptors (Lipinski definition) is 5. The van der Waals surface area contributed by atoms with E-state index in [-0.39, 0.29) is 23.5 Å². The summed E-state index contributed by atoms with van der Waals surface area (Å²) in [6.45, 7) is 3.83. The van der Waals surface area contributed by atoms with Crippen LogP contribution < -0.4 is 4.74 Å². The quantitative estimate of drug-likeness (QED) is 0.819. The van der Waals surface area contributed by atoms with Crippen molar-refractivity contribution in [3.63, 3.8) is 0 Å². The number of carbonyl (C=O) groups excluding carboxylic acids is 1. The molecule has 27 heavy (non-hydrogen) atoms. The van der Waals surface area contributed by atoms with Crippen LogP contribution in [0.1, 0.15) is 28.9 Å². The van der Waals surface area contributed by atoms with Crippen LogP contribution in [0.3, 0.4) is 0 Å². The van der Waals surface area contributed by atoms with Crippen LogP contribution in [-0.4, -0.2) is 46.5 Å². The van der Waals surface area contributed by atoms with E-state index in [9.17, 15) is 14.3 Å². The van der Waals surface area contributed by atoms with Crippen molar-refractivity contribution in [2.45, 2.75) is 25.9 Å². The van der Waals surface area contributed by atoms with Gasteiger partial charge in [0.25, 0.3) is 0 Å². The van der Waals surface area contributed by atoms with E-state index >= 15 is 0 Å². The third kappa shape index (κ3) is 3.95. The second-order valence-corrected chi connectivity index (χ2v) is 7.66. The van der Waals surface area contributed by atoms with Crippen molar-refractivity contribution in [2.75, 3.05) is 19.6 Å². The van der Waals surface area contributed by atoms with Crippen molar-refractivity contribution in [3.05, 3.63) is 53.6 Å². The number of likely N-dealkylation sites (tertiary alicyclic amines) is 1. The highest BCUT2D eigenvalue weighted by Crippen LogP contribution is 2.39. The van der Waals surface area contributed by atoms with Gasteiger partial charge in [0.2, 0.25) is 0 Å². The van der Waals surface area contributed by atoms with Crippen molar-refractivity contribution in [1.82, 2.24) is 9.88 Å². The van der Waals surface area contributed by atoms with Crippen molar-refractivity contribution in [2.24, 2.45) is 11.8 Å². The second kappa shape index (κ2) is 7.27. The molecule has 142 valence electrons. The van der Waals surface area contributed by atoms with E-state index in [4.69, 9.17) is 4.74 Å². The number of benzene rings is 1. The van der Waals surface area contributed by atoms with E-state index in [0.717, 1.165) is 25.9 Å². The lowest BCUT2D eigenvalue weighted by Gasteiger charge is -2.19. The lowest BCUT2D eigenvalue weighted by atomic mass is 10.0. The third-order valence-corrected chi connectivity index (χ3v) is 5.63. The molecule has 3 atom stereocenters. The molecule has 1 aliphatic carbocycles. The first-order valence-electron chi connectivity index (χ1n) is 9.31. The van der Waals surface area contributed by atoms with E-state index in [1.807, 2.05) is 6.07 Å². The van der Waals surface area contributed by atoms with Gasteiger partial charge in [-0.3, -0.25) is 9.69 Å². The molecule has 2 fully saturated rings. The predicted octanol–water partition coefficient (Wildman–Crippen LogP) is 3.21. The largest absolute Gasteiger partial charge is 0.506 e. The number of ether oxygens (including phenoxy) is 1. The molecule has 5 nitrogen and oxygen atoms in total. The summed E-state index contributed by atoms with van der Waals surface area (Å²) in [6, 6.07) is 8.06. The van der Waals surface area contributed by atoms with Gasteiger partial charge in [-0.1, -0.05) is 6.07 Å². The van der Waals surface area contributed by atoms with E-state index in [1.54, 1.807) is 19.1 Å². The Morgan fingerprint density at radius 3 is 2.63 bits per heavy atom. The Bertz CT molecular complexity index is 826. The molecule has 0 radical (unpaired) electrons. The minimum Gasteiger partial charge on any atom is -0.506 e. The number of nitrogens with zero attached hydrogens (tertiary/aromatic N) is 2. The first-order valence-corrected chi connectivity index (χ1v) is 9.31. The lowest BCUT2D eigenvalue weighted by molar-refractivity contribution is 0.0931. The van der Waals surface area contributed by atoms with Gasteiger partial charge in [0.1, 0.15) is 23.0 Å². The first-order chi connectivity index (χ1) is 13.0. The number of halogens is 1. The zero-order valence-corrected chi connectivity index (χ0v) is 15.3. The number of Topliss-reactive ketones (excluding diaryl/α,β-unsaturated/α-hetero) is 1. The fraction of sp³-hybridized carbons (Fsp3) is 0.429. The standard InChI is InChI=1S/C21H23FN2O3/c1-13-2-4-17(8-19(13)22)27-18-6-14-10-24(11-15(14)7-18)12-21(26)20-5-3-16(25)9-23-20/h2-5,8-9,14-15,18,25H,6-7,10-12H2,1H3/t14-,15+,18?. The lowest BCUT2D eigenvalue weighted by Crippen LogP contribution is -2.30. The Balaban J connectivity index is 1.29. The fourth-order valence-corrected chi connectivity index (χ4v) is 4.24. The van der Waals surface area contributed by atoms with Gasteiger partial charge in [0.05, 0.1) is 18.8 Å². The second-order valence-electron chi connectivity index (χ2n) is 7.66. The summed E-state index contributed by atoms with van der Waals surface area (Å²) in [6.07, 6.45) is 3.27. The van der Waals surface area contributed by atoms with Gasteiger partial charge in [-0.25, -0.2) is 9.37 Å². The van der Waals surface area contributed by atoms with E-state index in [2.05, 4.69) is 9.88 Å². The van der Waals surface area contributed by atoms with Crippen molar-refractivity contribution >= 4 is 5.78 Å². The first kappa shape index (κ1) is 17.9. The Morgan fingerprint density at radius 2 is 2.00 bits per heavy atom. The van der Waals surface area contributed by atoms with Crippen LogP contribution in [0.15, 0.2) is 36.5 Å². The molecule has 1 aromatic carbocycles. The van der Waals surface area contributed by atoms with Crippen LogP contribution in [0.5, 0.6) is 11.5 Å². The Morgan fingerprint density at radius 1 is 1.26 bits per heavy atom. The van der Waals surface area contributed by atoms with Crippen molar-refractivity contribution < 1.29 is 19.0 Å². The number of rotatable bonds is 5. The van der Waals surface area contributed by atoms with Crippen LogP contribution >= 0.6 is 0 Å². The zero-order chi connectivity index (χ0) is 19.0. The molecule has 0 spiro atoms. The molecule has 2 aliphatic rings. The van der Waals surface area contributed by atoms with Crippen LogP contribution in [-0.2, 0) is 0 Å². The maximum atomic E-state index is 13.7. The number of carbonyl (C=O) groups is 1. The average Bonchev–Trinajstić information content (AvgIpc) is 3.16. The Kier molecular flexibility index (Phi) is 4.83. The predicted molar refractivity (Wildman–Crippen MR) is 98.4 cm³/mol. The molecule has 1 saturated carbocycles. The average molecular weight is 370 g/mol. The summed E-state index contributed by atoms with van der Waals surface area (Å²) < 4.78 is 19.7. The highest BCUT2D eigenvalue weighted by atomic mass is 19.1. The molecule has 6 heteroatoms. The molecule has 4 rings (SSSR count). The van der Waals surface area contributed by atoms with E-state index in [1.165, 1.54) is 18.3 Å². The molecule has 0 bridgehead atoms. The molecule has 0 amide bonds. The topological polar surface area (TPSA) is 62.7 Å². The Hall–Kier alpha value is -2.47. The number of aryl methyl sites for hydroxylation is 1. The van der Waals surface area contributed by atoms with E-state index < -0.39 is 0 Å². The smallest absolute Gasteiger partial charge is 0.195 e. The monoisotopic (exact) mass is 370 g/mol. The SMILES string of the molecule is Cc1ccc(OC2C[C@@H]3CN(CC(=O)c4ccc(O)cn4)C[C@@H]3C2)cc1F. The molecule has 1 aromatic heterocycles. The maximum absolute atomic E-state index is 13.7. The number of aromatic nitrogens is 1. The molecule has 1 N–H and O–H groups in total. The van der Waals surface area contributed by atoms with Crippen molar-refractivity contribution in [3.8, 4) is 11.5 Å². The maximum Gasteiger partial charge on any atom is 0.195 e. The fourth-order valence-electron chi connectivity index (χ4n) is 4.24. The third-order valence-electron chi connectivity index (χ3n) is 5.63. The minimum absolute atomic E-state index is 0.0297. The summed E-state index contributed by atoms with van der Waals surface area (Å²) in [7, 11) is 0. The van der Waals surface area contributed by atoms with Gasteiger partial charge in [0, 0.05) is 19.2 Å². The van der Waals surface area contributed by atoms with Crippen molar-refractivity contribution in [1.29, 1.82) is 0 Å². The summed E-state index contributed by atoms with van der Waals surface area (Å²) in [5.74, 6) is 1.39. The van der Waals surface area contributed by atoms with Gasteiger partial charge in [-0.05, 0) is 55.4 Å². The molecule has 2 heterocycles. The zero-order valence-electron chi connectivity index (χ0n) is 15.3. The normalized spacial score (nSPS) is 24.7. The van der Waals surface area contributed by atoms with Crippen LogP contribution in [0.2, 0.25) is 0 Å². The minimum atomic E-state index is -0.238. The summed E-state index contributed by atoms with van der Waals surface area (Å²) in [4.78, 5) is 18.5. The highest BCUT2D eigenvalue weighted by molar-refractivity contribution is 5.95. The van der Waals surface area contributed by atoms with Gasteiger partial charge in [0.15, 0.2) is 5.78 Å². The number of ketones is 1. The molecular weight excluding hydrogens is 347 g/mol. The highest BCUT2D eigenvalue weighted by Gasteiger charge is 2.42. The Labute approximate surface area is 157 Å². The summed E-state index contributed by atoms with van der Waals surface area (Å²) in [5, 5.41) is 9.27. The van der Waals surface area contributed by atoms with Gasteiger partial charge >= 0.3 is 0 Å². The number of aromatic hydroxyl groups is 1. The molecular formula is C21H23FN2O3. The molecule has 1 unspecified atom stereocenters. The summed E-state index contributed by atoms with van der Waals surface area (Å²) in [5.41, 5.74) is 1.00. The molecule has 2 aromatic rings. The molecule has 1 aliphatic heterocycles. The number of hydrogen-bond donors (Lipinski definition) is 1. The van der Waals surface area contributed by atoms with Crippen LogP contribution in [0.4, 0.5) is 4.39 Å². The molecule has 1 saturated heterocycles. The van der Waals surface area contributed by atoms with Crippen LogP contribution in [0, 0.1) is 24.6 Å². The van der Waals surface area contributed by atoms with Crippen LogP contribution in [0.25, 0.3) is 0 Å². The summed E-state index contributed by atoms with van der Waals surface area (Å²) >= 11 is 0.